The van der Waals surface area contributed by atoms with Crippen LogP contribution in [0.2, 0.25) is 0 Å². The number of hydrogen-bond acceptors (Lipinski definition) is 3. The summed E-state index contributed by atoms with van der Waals surface area (Å²) in [4.78, 5) is 14.5. The van der Waals surface area contributed by atoms with Crippen LogP contribution in [0.15, 0.2) is 22.8 Å². The number of likely N-dealkylation sites (tertiary alicyclic amines) is 1. The second-order valence-electron chi connectivity index (χ2n) is 6.31. The molecule has 1 aromatic carbocycles. The molecule has 0 atom stereocenters. The minimum atomic E-state index is 0.204. The third-order valence-electron chi connectivity index (χ3n) is 4.87. The van der Waals surface area contributed by atoms with Gasteiger partial charge in [-0.2, -0.15) is 0 Å². The van der Waals surface area contributed by atoms with E-state index in [2.05, 4.69) is 31.3 Å². The molecule has 22 heavy (non-hydrogen) atoms. The third-order valence-corrected chi connectivity index (χ3v) is 4.87. The monoisotopic (exact) mass is 300 g/mol. The lowest BCUT2D eigenvalue weighted by Gasteiger charge is -2.31. The first-order valence-corrected chi connectivity index (χ1v) is 8.01. The van der Waals surface area contributed by atoms with E-state index in [0.29, 0.717) is 12.5 Å². The van der Waals surface area contributed by atoms with Crippen molar-refractivity contribution in [1.29, 1.82) is 0 Å². The Morgan fingerprint density at radius 2 is 1.95 bits per heavy atom. The molecule has 2 heterocycles. The molecule has 1 aliphatic heterocycles. The van der Waals surface area contributed by atoms with Gasteiger partial charge in [0.2, 0.25) is 5.91 Å². The van der Waals surface area contributed by atoms with Gasteiger partial charge in [0.25, 0.3) is 0 Å². The van der Waals surface area contributed by atoms with E-state index in [1.807, 2.05) is 11.9 Å². The van der Waals surface area contributed by atoms with E-state index in [4.69, 9.17) is 4.42 Å². The molecule has 118 valence electrons. The molecule has 1 amide bonds. The number of fused-ring (bicyclic) bond motifs is 1. The number of furan rings is 1. The molecule has 0 spiro atoms. The fourth-order valence-corrected chi connectivity index (χ4v) is 3.17. The number of aryl methyl sites for hydroxylation is 2. The molecule has 4 heteroatoms. The van der Waals surface area contributed by atoms with Crippen molar-refractivity contribution < 1.29 is 9.21 Å². The van der Waals surface area contributed by atoms with Gasteiger partial charge in [-0.3, -0.25) is 4.79 Å². The minimum Gasteiger partial charge on any atom is -0.464 e. The summed E-state index contributed by atoms with van der Waals surface area (Å²) in [6.07, 6.45) is 4.24. The quantitative estimate of drug-likeness (QED) is 0.948. The fourth-order valence-electron chi connectivity index (χ4n) is 3.17. The number of hydrogen-bond donors (Lipinski definition) is 1. The van der Waals surface area contributed by atoms with Gasteiger partial charge >= 0.3 is 0 Å². The van der Waals surface area contributed by atoms with Crippen LogP contribution in [0.5, 0.6) is 0 Å². The molecule has 4 nitrogen and oxygen atoms in total. The van der Waals surface area contributed by atoms with Crippen LogP contribution in [-0.4, -0.2) is 37.0 Å². The molecule has 1 aromatic heterocycles. The van der Waals surface area contributed by atoms with E-state index in [1.54, 1.807) is 6.26 Å². The van der Waals surface area contributed by atoms with Gasteiger partial charge < -0.3 is 14.6 Å². The van der Waals surface area contributed by atoms with Crippen LogP contribution < -0.4 is 5.32 Å². The Balaban J connectivity index is 1.73. The van der Waals surface area contributed by atoms with E-state index in [0.717, 1.165) is 42.5 Å². The van der Waals surface area contributed by atoms with Crippen LogP contribution >= 0.6 is 0 Å². The topological polar surface area (TPSA) is 45.5 Å². The van der Waals surface area contributed by atoms with E-state index >= 15 is 0 Å². The lowest BCUT2D eigenvalue weighted by molar-refractivity contribution is -0.131. The molecule has 1 fully saturated rings. The third kappa shape index (κ3) is 2.88. The van der Waals surface area contributed by atoms with Crippen LogP contribution in [0.1, 0.15) is 29.5 Å². The summed E-state index contributed by atoms with van der Waals surface area (Å²) < 4.78 is 5.63. The van der Waals surface area contributed by atoms with E-state index in [9.17, 15) is 4.79 Å². The highest BCUT2D eigenvalue weighted by molar-refractivity contribution is 5.88. The first-order valence-electron chi connectivity index (χ1n) is 8.01. The molecule has 1 N–H and O–H groups in total. The van der Waals surface area contributed by atoms with Gasteiger partial charge in [0.05, 0.1) is 12.7 Å². The number of nitrogens with zero attached hydrogens (tertiary/aromatic N) is 1. The minimum absolute atomic E-state index is 0.204. The number of rotatable bonds is 3. The molecule has 1 saturated heterocycles. The summed E-state index contributed by atoms with van der Waals surface area (Å²) in [5.41, 5.74) is 4.32. The highest BCUT2D eigenvalue weighted by Gasteiger charge is 2.22. The molecular formula is C18H24N2O2. The molecule has 0 saturated carbocycles. The molecular weight excluding hydrogens is 276 g/mol. The Morgan fingerprint density at radius 3 is 2.64 bits per heavy atom. The van der Waals surface area contributed by atoms with Crippen molar-refractivity contribution in [3.05, 3.63) is 35.1 Å². The maximum Gasteiger partial charge on any atom is 0.227 e. The summed E-state index contributed by atoms with van der Waals surface area (Å²) in [5, 5.41) is 4.36. The molecule has 0 unspecified atom stereocenters. The number of nitrogens with one attached hydrogen (secondary N) is 1. The van der Waals surface area contributed by atoms with Crippen molar-refractivity contribution in [3.63, 3.8) is 0 Å². The zero-order valence-electron chi connectivity index (χ0n) is 13.6. The van der Waals surface area contributed by atoms with Crippen LogP contribution in [0, 0.1) is 13.8 Å². The van der Waals surface area contributed by atoms with Crippen molar-refractivity contribution in [2.24, 2.45) is 0 Å². The first-order chi connectivity index (χ1) is 10.6. The van der Waals surface area contributed by atoms with Crippen molar-refractivity contribution in [3.8, 4) is 0 Å². The zero-order chi connectivity index (χ0) is 15.7. The van der Waals surface area contributed by atoms with Crippen LogP contribution in [0.3, 0.4) is 0 Å². The average molecular weight is 300 g/mol. The Labute approximate surface area is 131 Å². The smallest absolute Gasteiger partial charge is 0.227 e. The molecule has 0 aliphatic carbocycles. The van der Waals surface area contributed by atoms with Crippen molar-refractivity contribution in [1.82, 2.24) is 10.2 Å². The summed E-state index contributed by atoms with van der Waals surface area (Å²) in [6.45, 7) is 5.86. The molecule has 0 bridgehead atoms. The van der Waals surface area contributed by atoms with E-state index in [-0.39, 0.29) is 5.91 Å². The Morgan fingerprint density at radius 1 is 1.27 bits per heavy atom. The predicted molar refractivity (Wildman–Crippen MR) is 88.1 cm³/mol. The Hall–Kier alpha value is -1.81. The summed E-state index contributed by atoms with van der Waals surface area (Å²) >= 11 is 0. The second-order valence-corrected chi connectivity index (χ2v) is 6.31. The normalized spacial score (nSPS) is 16.4. The van der Waals surface area contributed by atoms with Crippen LogP contribution in [0.25, 0.3) is 11.0 Å². The molecule has 1 aliphatic rings. The Kier molecular flexibility index (Phi) is 4.21. The standard InChI is InChI=1S/C18H24N2O2/c1-12-8-16-14(11-22-17(16)9-13(12)2)10-18(21)20-6-4-15(19-3)5-7-20/h8-9,11,15,19H,4-7,10H2,1-3H3. The maximum atomic E-state index is 12.5. The highest BCUT2D eigenvalue weighted by atomic mass is 16.3. The lowest BCUT2D eigenvalue weighted by Crippen LogP contribution is -2.44. The average Bonchev–Trinajstić information content (AvgIpc) is 2.90. The van der Waals surface area contributed by atoms with Crippen molar-refractivity contribution in [2.75, 3.05) is 20.1 Å². The zero-order valence-corrected chi connectivity index (χ0v) is 13.6. The number of carbonyl (C=O) groups is 1. The number of benzene rings is 1. The van der Waals surface area contributed by atoms with Crippen molar-refractivity contribution in [2.45, 2.75) is 39.2 Å². The summed E-state index contributed by atoms with van der Waals surface area (Å²) in [7, 11) is 1.99. The molecule has 0 radical (unpaired) electrons. The Bertz CT molecular complexity index is 682. The fraction of sp³-hybridized carbons (Fsp3) is 0.500. The van der Waals surface area contributed by atoms with E-state index < -0.39 is 0 Å². The number of amides is 1. The van der Waals surface area contributed by atoms with E-state index in [1.165, 1.54) is 11.1 Å². The summed E-state index contributed by atoms with van der Waals surface area (Å²) in [6, 6.07) is 4.73. The summed E-state index contributed by atoms with van der Waals surface area (Å²) in [5.74, 6) is 0.204. The van der Waals surface area contributed by atoms with Gasteiger partial charge in [0.15, 0.2) is 0 Å². The van der Waals surface area contributed by atoms with Gasteiger partial charge in [0.1, 0.15) is 5.58 Å². The second kappa shape index (κ2) is 6.13. The van der Waals surface area contributed by atoms with Gasteiger partial charge in [-0.05, 0) is 57.0 Å². The van der Waals surface area contributed by atoms with Gasteiger partial charge in [-0.15, -0.1) is 0 Å². The van der Waals surface area contributed by atoms with Crippen LogP contribution in [-0.2, 0) is 11.2 Å². The van der Waals surface area contributed by atoms with Gasteiger partial charge in [0, 0.05) is 30.1 Å². The van der Waals surface area contributed by atoms with Gasteiger partial charge in [-0.25, -0.2) is 0 Å². The van der Waals surface area contributed by atoms with Gasteiger partial charge in [-0.1, -0.05) is 0 Å². The highest BCUT2D eigenvalue weighted by Crippen LogP contribution is 2.25. The molecule has 2 aromatic rings. The largest absolute Gasteiger partial charge is 0.464 e. The SMILES string of the molecule is CNC1CCN(C(=O)Cc2coc3cc(C)c(C)cc23)CC1. The first kappa shape index (κ1) is 15.1. The van der Waals surface area contributed by atoms with Crippen molar-refractivity contribution >= 4 is 16.9 Å². The predicted octanol–water partition coefficient (Wildman–Crippen LogP) is 2.80. The maximum absolute atomic E-state index is 12.5. The molecule has 3 rings (SSSR count). The number of piperidine rings is 1. The lowest BCUT2D eigenvalue weighted by atomic mass is 10.0. The number of carbonyl (C=O) groups excluding carboxylic acids is 1. The van der Waals surface area contributed by atoms with Crippen LogP contribution in [0.4, 0.5) is 0 Å².